The number of hydrogen-bond acceptors (Lipinski definition) is 4. The Hall–Kier alpha value is -0.800. The van der Waals surface area contributed by atoms with E-state index in [0.717, 1.165) is 0 Å². The predicted molar refractivity (Wildman–Crippen MR) is 38.1 cm³/mol. The van der Waals surface area contributed by atoms with Crippen molar-refractivity contribution in [1.82, 2.24) is 4.72 Å². The third-order valence-corrected chi connectivity index (χ3v) is 2.08. The van der Waals surface area contributed by atoms with Crippen LogP contribution < -0.4 is 10.5 Å². The number of nitrogens with one attached hydrogen (secondary N) is 1. The molecule has 0 bridgehead atoms. The van der Waals surface area contributed by atoms with Gasteiger partial charge >= 0.3 is 5.76 Å². The fourth-order valence-electron chi connectivity index (χ4n) is 0.359. The smallest absolute Gasteiger partial charge is 0.350 e. The Bertz CT molecular complexity index is 278. The van der Waals surface area contributed by atoms with Crippen LogP contribution in [0.4, 0.5) is 8.78 Å². The number of nitrogens with two attached hydrogens (primary N) is 1. The summed E-state index contributed by atoms with van der Waals surface area (Å²) in [6, 6.07) is 0. The molecule has 13 heavy (non-hydrogen) atoms. The number of aliphatic hydroxyl groups excluding tert-OH is 1. The highest BCUT2D eigenvalue weighted by atomic mass is 32.2. The minimum atomic E-state index is -4.78. The molecule has 0 aromatic rings. The van der Waals surface area contributed by atoms with Crippen molar-refractivity contribution >= 4 is 15.9 Å². The number of carbonyl (C=O) groups is 1. The van der Waals surface area contributed by atoms with E-state index in [1.165, 1.54) is 4.72 Å². The summed E-state index contributed by atoms with van der Waals surface area (Å²) in [4.78, 5) is 10.1. The summed E-state index contributed by atoms with van der Waals surface area (Å²) in [5, 5.41) is 8.63. The molecule has 0 fully saturated rings. The fraction of sp³-hybridized carbons (Fsp3) is 0.750. The number of alkyl halides is 2. The van der Waals surface area contributed by atoms with Gasteiger partial charge in [-0.25, -0.2) is 13.1 Å². The SMILES string of the molecule is NC(=O)C(O)CNS(=O)(=O)C(F)F. The van der Waals surface area contributed by atoms with Gasteiger partial charge in [0.05, 0.1) is 0 Å². The summed E-state index contributed by atoms with van der Waals surface area (Å²) in [5.74, 6) is -4.80. The van der Waals surface area contributed by atoms with Crippen LogP contribution in [0.25, 0.3) is 0 Å². The molecule has 1 amide bonds. The van der Waals surface area contributed by atoms with Crippen LogP contribution in [0.3, 0.4) is 0 Å². The molecule has 0 heterocycles. The van der Waals surface area contributed by atoms with E-state index < -0.39 is 34.3 Å². The zero-order valence-corrected chi connectivity index (χ0v) is 7.09. The van der Waals surface area contributed by atoms with Crippen LogP contribution in [0.5, 0.6) is 0 Å². The van der Waals surface area contributed by atoms with Crippen molar-refractivity contribution in [1.29, 1.82) is 0 Å². The van der Waals surface area contributed by atoms with E-state index in [2.05, 4.69) is 5.73 Å². The molecule has 0 aliphatic heterocycles. The minimum Gasteiger partial charge on any atom is -0.382 e. The summed E-state index contributed by atoms with van der Waals surface area (Å²) >= 11 is 0. The standard InChI is InChI=1S/C4H8F2N2O4S/c5-4(6)13(11,12)8-1-2(9)3(7)10/h2,4,8-9H,1H2,(H2,7,10). The second-order valence-electron chi connectivity index (χ2n) is 2.07. The molecule has 0 saturated carbocycles. The van der Waals surface area contributed by atoms with Crippen molar-refractivity contribution in [2.75, 3.05) is 6.54 Å². The molecule has 0 saturated heterocycles. The first kappa shape index (κ1) is 12.2. The van der Waals surface area contributed by atoms with Crippen LogP contribution in [0.15, 0.2) is 0 Å². The maximum absolute atomic E-state index is 11.6. The third kappa shape index (κ3) is 4.10. The van der Waals surface area contributed by atoms with E-state index in [1.807, 2.05) is 0 Å². The first-order valence-corrected chi connectivity index (χ1v) is 4.56. The lowest BCUT2D eigenvalue weighted by Crippen LogP contribution is -2.41. The van der Waals surface area contributed by atoms with E-state index in [4.69, 9.17) is 5.11 Å². The van der Waals surface area contributed by atoms with Crippen LogP contribution in [0.1, 0.15) is 0 Å². The van der Waals surface area contributed by atoms with Gasteiger partial charge in [-0.05, 0) is 0 Å². The van der Waals surface area contributed by atoms with Crippen molar-refractivity contribution < 1.29 is 27.1 Å². The number of amides is 1. The van der Waals surface area contributed by atoms with Gasteiger partial charge < -0.3 is 10.8 Å². The number of primary amides is 1. The Kier molecular flexibility index (Phi) is 4.17. The summed E-state index contributed by atoms with van der Waals surface area (Å²) in [6.07, 6.45) is -1.81. The van der Waals surface area contributed by atoms with Crippen LogP contribution in [0, 0.1) is 0 Å². The second kappa shape index (κ2) is 4.44. The first-order chi connectivity index (χ1) is 5.77. The molecule has 6 nitrogen and oxygen atoms in total. The average Bonchev–Trinajstić information content (AvgIpc) is 1.99. The Morgan fingerprint density at radius 1 is 1.54 bits per heavy atom. The van der Waals surface area contributed by atoms with Crippen LogP contribution in [0.2, 0.25) is 0 Å². The summed E-state index contributed by atoms with van der Waals surface area (Å²) < 4.78 is 45.2. The van der Waals surface area contributed by atoms with Gasteiger partial charge in [-0.15, -0.1) is 0 Å². The lowest BCUT2D eigenvalue weighted by molar-refractivity contribution is -0.125. The summed E-state index contributed by atoms with van der Waals surface area (Å²) in [6.45, 7) is -0.859. The normalized spacial score (nSPS) is 14.5. The molecule has 4 N–H and O–H groups in total. The van der Waals surface area contributed by atoms with Gasteiger partial charge in [-0.3, -0.25) is 4.79 Å². The van der Waals surface area contributed by atoms with E-state index in [1.54, 1.807) is 0 Å². The largest absolute Gasteiger partial charge is 0.382 e. The Labute approximate surface area is 72.8 Å². The van der Waals surface area contributed by atoms with Crippen molar-refractivity contribution in [2.45, 2.75) is 11.9 Å². The Morgan fingerprint density at radius 2 is 2.00 bits per heavy atom. The van der Waals surface area contributed by atoms with Gasteiger partial charge in [0.1, 0.15) is 6.10 Å². The highest BCUT2D eigenvalue weighted by Crippen LogP contribution is 2.00. The zero-order valence-electron chi connectivity index (χ0n) is 6.28. The lowest BCUT2D eigenvalue weighted by Gasteiger charge is -2.07. The van der Waals surface area contributed by atoms with Crippen molar-refractivity contribution in [3.05, 3.63) is 0 Å². The van der Waals surface area contributed by atoms with E-state index >= 15 is 0 Å². The number of carbonyl (C=O) groups excluding carboxylic acids is 1. The number of sulfonamides is 1. The first-order valence-electron chi connectivity index (χ1n) is 3.01. The Balaban J connectivity index is 4.11. The molecule has 1 atom stereocenters. The molecule has 0 aliphatic rings. The molecular weight excluding hydrogens is 210 g/mol. The van der Waals surface area contributed by atoms with Gasteiger partial charge in [-0.2, -0.15) is 8.78 Å². The monoisotopic (exact) mass is 218 g/mol. The van der Waals surface area contributed by atoms with E-state index in [0.29, 0.717) is 0 Å². The molecule has 0 spiro atoms. The van der Waals surface area contributed by atoms with Crippen LogP contribution in [-0.4, -0.2) is 37.8 Å². The summed E-state index contributed by atoms with van der Waals surface area (Å²) in [7, 11) is -4.78. The molecule has 78 valence electrons. The highest BCUT2D eigenvalue weighted by molar-refractivity contribution is 7.89. The van der Waals surface area contributed by atoms with Gasteiger partial charge in [0.15, 0.2) is 0 Å². The van der Waals surface area contributed by atoms with Gasteiger partial charge in [0, 0.05) is 6.54 Å². The fourth-order valence-corrected chi connectivity index (χ4v) is 0.875. The average molecular weight is 218 g/mol. The molecule has 9 heteroatoms. The van der Waals surface area contributed by atoms with E-state index in [-0.39, 0.29) is 0 Å². The van der Waals surface area contributed by atoms with Crippen molar-refractivity contribution in [2.24, 2.45) is 5.73 Å². The topological polar surface area (TPSA) is 109 Å². The summed E-state index contributed by atoms with van der Waals surface area (Å²) in [5.41, 5.74) is 4.53. The highest BCUT2D eigenvalue weighted by Gasteiger charge is 2.25. The molecule has 0 radical (unpaired) electrons. The Morgan fingerprint density at radius 3 is 2.31 bits per heavy atom. The quantitative estimate of drug-likeness (QED) is 0.494. The van der Waals surface area contributed by atoms with Crippen LogP contribution >= 0.6 is 0 Å². The third-order valence-electron chi connectivity index (χ3n) is 1.04. The van der Waals surface area contributed by atoms with Crippen molar-refractivity contribution in [3.63, 3.8) is 0 Å². The number of halogens is 2. The number of hydrogen-bond donors (Lipinski definition) is 3. The lowest BCUT2D eigenvalue weighted by atomic mass is 10.3. The molecule has 0 aromatic carbocycles. The molecule has 0 rings (SSSR count). The molecule has 0 aliphatic carbocycles. The minimum absolute atomic E-state index is 0.859. The maximum atomic E-state index is 11.6. The zero-order chi connectivity index (χ0) is 10.6. The number of aliphatic hydroxyl groups is 1. The molecular formula is C4H8F2N2O4S. The van der Waals surface area contributed by atoms with Crippen molar-refractivity contribution in [3.8, 4) is 0 Å². The maximum Gasteiger partial charge on any atom is 0.350 e. The second-order valence-corrected chi connectivity index (χ2v) is 3.81. The number of rotatable bonds is 5. The van der Waals surface area contributed by atoms with Gasteiger partial charge in [0.25, 0.3) is 10.0 Å². The van der Waals surface area contributed by atoms with Gasteiger partial charge in [-0.1, -0.05) is 0 Å². The van der Waals surface area contributed by atoms with Crippen LogP contribution in [-0.2, 0) is 14.8 Å². The molecule has 1 unspecified atom stereocenters. The van der Waals surface area contributed by atoms with Gasteiger partial charge in [0.2, 0.25) is 5.91 Å². The van der Waals surface area contributed by atoms with E-state index in [9.17, 15) is 22.0 Å². The predicted octanol–water partition coefficient (Wildman–Crippen LogP) is -2.03. The molecule has 0 aromatic heterocycles.